The third kappa shape index (κ3) is 2.99. The second-order valence-corrected chi connectivity index (χ2v) is 6.74. The molecule has 122 valence electrons. The molecule has 2 aromatic rings. The first-order valence-electron chi connectivity index (χ1n) is 7.77. The number of nitrogens with one attached hydrogen (secondary N) is 1. The standard InChI is InChI=1S/C17H21ClN4O/c1-9-4-5-13-12(6-9)14(17(19)23)15(16(18)21-13)22-7-10(2)20-11(3)8-22/h4-6,10-11,20H,7-8H2,1-3H3,(H2,19,23)/t10-,11+. The Morgan fingerprint density at radius 1 is 1.35 bits per heavy atom. The number of carbonyl (C=O) groups is 1. The molecule has 1 saturated heterocycles. The van der Waals surface area contributed by atoms with E-state index in [1.54, 1.807) is 0 Å². The van der Waals surface area contributed by atoms with E-state index in [0.29, 0.717) is 34.0 Å². The molecule has 6 heteroatoms. The summed E-state index contributed by atoms with van der Waals surface area (Å²) >= 11 is 6.44. The van der Waals surface area contributed by atoms with Gasteiger partial charge in [0.15, 0.2) is 5.15 Å². The van der Waals surface area contributed by atoms with Crippen LogP contribution in [0.25, 0.3) is 10.9 Å². The Kier molecular flexibility index (Phi) is 4.17. The number of hydrogen-bond donors (Lipinski definition) is 2. The number of aromatic nitrogens is 1. The number of fused-ring (bicyclic) bond motifs is 1. The molecule has 1 aliphatic rings. The van der Waals surface area contributed by atoms with E-state index in [0.717, 1.165) is 24.0 Å². The summed E-state index contributed by atoms with van der Waals surface area (Å²) in [5.74, 6) is -0.473. The highest BCUT2D eigenvalue weighted by atomic mass is 35.5. The predicted molar refractivity (Wildman–Crippen MR) is 94.3 cm³/mol. The van der Waals surface area contributed by atoms with Crippen LogP contribution in [0, 0.1) is 6.92 Å². The fourth-order valence-electron chi connectivity index (χ4n) is 3.38. The average Bonchev–Trinajstić information content (AvgIpc) is 2.45. The van der Waals surface area contributed by atoms with Crippen LogP contribution in [0.3, 0.4) is 0 Å². The largest absolute Gasteiger partial charge is 0.366 e. The molecule has 0 unspecified atom stereocenters. The van der Waals surface area contributed by atoms with E-state index >= 15 is 0 Å². The van der Waals surface area contributed by atoms with Gasteiger partial charge < -0.3 is 16.0 Å². The molecule has 0 saturated carbocycles. The van der Waals surface area contributed by atoms with Crippen LogP contribution in [-0.4, -0.2) is 36.1 Å². The number of benzene rings is 1. The second kappa shape index (κ2) is 5.98. The Bertz CT molecular complexity index is 767. The molecule has 1 aliphatic heterocycles. The van der Waals surface area contributed by atoms with Crippen molar-refractivity contribution in [2.45, 2.75) is 32.9 Å². The number of carbonyl (C=O) groups excluding carboxylic acids is 1. The minimum absolute atomic E-state index is 0.295. The van der Waals surface area contributed by atoms with Gasteiger partial charge in [0.05, 0.1) is 16.8 Å². The van der Waals surface area contributed by atoms with Gasteiger partial charge in [-0.05, 0) is 32.9 Å². The maximum Gasteiger partial charge on any atom is 0.251 e. The fraction of sp³-hybridized carbons (Fsp3) is 0.412. The monoisotopic (exact) mass is 332 g/mol. The zero-order valence-electron chi connectivity index (χ0n) is 13.6. The van der Waals surface area contributed by atoms with Gasteiger partial charge in [-0.2, -0.15) is 0 Å². The zero-order valence-corrected chi connectivity index (χ0v) is 14.3. The Hall–Kier alpha value is -1.85. The van der Waals surface area contributed by atoms with E-state index < -0.39 is 5.91 Å². The minimum Gasteiger partial charge on any atom is -0.366 e. The molecule has 3 N–H and O–H groups in total. The molecule has 1 aromatic heterocycles. The molecule has 2 atom stereocenters. The number of hydrogen-bond acceptors (Lipinski definition) is 4. The maximum atomic E-state index is 12.2. The Morgan fingerprint density at radius 2 is 2.00 bits per heavy atom. The molecule has 5 nitrogen and oxygen atoms in total. The summed E-state index contributed by atoms with van der Waals surface area (Å²) in [7, 11) is 0. The van der Waals surface area contributed by atoms with Crippen LogP contribution in [-0.2, 0) is 0 Å². The lowest BCUT2D eigenvalue weighted by Crippen LogP contribution is -2.54. The van der Waals surface area contributed by atoms with Crippen LogP contribution in [0.15, 0.2) is 18.2 Å². The highest BCUT2D eigenvalue weighted by Crippen LogP contribution is 2.35. The number of amides is 1. The fourth-order valence-corrected chi connectivity index (χ4v) is 3.69. The molecule has 1 aromatic carbocycles. The van der Waals surface area contributed by atoms with Crippen molar-refractivity contribution in [1.82, 2.24) is 10.3 Å². The van der Waals surface area contributed by atoms with E-state index in [2.05, 4.69) is 29.0 Å². The molecular formula is C17H21ClN4O. The van der Waals surface area contributed by atoms with Crippen molar-refractivity contribution in [2.75, 3.05) is 18.0 Å². The quantitative estimate of drug-likeness (QED) is 0.829. The Balaban J connectivity index is 2.24. The Morgan fingerprint density at radius 3 is 2.61 bits per heavy atom. The molecular weight excluding hydrogens is 312 g/mol. The van der Waals surface area contributed by atoms with Crippen LogP contribution >= 0.6 is 11.6 Å². The van der Waals surface area contributed by atoms with Crippen molar-refractivity contribution in [3.05, 3.63) is 34.5 Å². The lowest BCUT2D eigenvalue weighted by Gasteiger charge is -2.38. The lowest BCUT2D eigenvalue weighted by atomic mass is 10.0. The van der Waals surface area contributed by atoms with Gasteiger partial charge in [0.2, 0.25) is 0 Å². The summed E-state index contributed by atoms with van der Waals surface area (Å²) in [6.07, 6.45) is 0. The summed E-state index contributed by atoms with van der Waals surface area (Å²) in [6, 6.07) is 6.35. The predicted octanol–water partition coefficient (Wildman–Crippen LogP) is 2.48. The van der Waals surface area contributed by atoms with E-state index in [9.17, 15) is 4.79 Å². The van der Waals surface area contributed by atoms with Crippen molar-refractivity contribution < 1.29 is 4.79 Å². The number of nitrogens with zero attached hydrogens (tertiary/aromatic N) is 2. The van der Waals surface area contributed by atoms with Gasteiger partial charge in [0.1, 0.15) is 0 Å². The van der Waals surface area contributed by atoms with Gasteiger partial charge >= 0.3 is 0 Å². The minimum atomic E-state index is -0.473. The van der Waals surface area contributed by atoms with Crippen LogP contribution in [0.4, 0.5) is 5.69 Å². The van der Waals surface area contributed by atoms with E-state index in [4.69, 9.17) is 17.3 Å². The molecule has 0 spiro atoms. The van der Waals surface area contributed by atoms with E-state index in [1.807, 2.05) is 25.1 Å². The van der Waals surface area contributed by atoms with Crippen molar-refractivity contribution in [3.63, 3.8) is 0 Å². The van der Waals surface area contributed by atoms with E-state index in [1.165, 1.54) is 0 Å². The SMILES string of the molecule is Cc1ccc2nc(Cl)c(N3C[C@@H](C)N[C@@H](C)C3)c(C(N)=O)c2c1. The number of halogens is 1. The third-order valence-electron chi connectivity index (χ3n) is 4.19. The molecule has 23 heavy (non-hydrogen) atoms. The number of primary amides is 1. The normalized spacial score (nSPS) is 21.7. The van der Waals surface area contributed by atoms with Crippen LogP contribution in [0.5, 0.6) is 0 Å². The smallest absolute Gasteiger partial charge is 0.251 e. The molecule has 2 heterocycles. The second-order valence-electron chi connectivity index (χ2n) is 6.38. The van der Waals surface area contributed by atoms with Crippen LogP contribution in [0.1, 0.15) is 29.8 Å². The van der Waals surface area contributed by atoms with Crippen molar-refractivity contribution >= 4 is 34.1 Å². The molecule has 1 fully saturated rings. The summed E-state index contributed by atoms with van der Waals surface area (Å²) in [5, 5.41) is 4.56. The number of aryl methyl sites for hydroxylation is 1. The van der Waals surface area contributed by atoms with Gasteiger partial charge in [-0.3, -0.25) is 4.79 Å². The topological polar surface area (TPSA) is 71.2 Å². The number of nitrogens with two attached hydrogens (primary N) is 1. The third-order valence-corrected chi connectivity index (χ3v) is 4.46. The van der Waals surface area contributed by atoms with Crippen molar-refractivity contribution in [3.8, 4) is 0 Å². The van der Waals surface area contributed by atoms with Crippen molar-refractivity contribution in [1.29, 1.82) is 0 Å². The first kappa shape index (κ1) is 16.0. The average molecular weight is 333 g/mol. The molecule has 0 aliphatic carbocycles. The van der Waals surface area contributed by atoms with Gasteiger partial charge in [-0.1, -0.05) is 23.2 Å². The first-order valence-corrected chi connectivity index (χ1v) is 8.15. The number of anilines is 1. The molecule has 1 amide bonds. The van der Waals surface area contributed by atoms with Crippen LogP contribution < -0.4 is 16.0 Å². The summed E-state index contributed by atoms with van der Waals surface area (Å²) < 4.78 is 0. The number of pyridine rings is 1. The van der Waals surface area contributed by atoms with E-state index in [-0.39, 0.29) is 0 Å². The summed E-state index contributed by atoms with van der Waals surface area (Å²) in [4.78, 5) is 18.8. The molecule has 3 rings (SSSR count). The number of rotatable bonds is 2. The summed E-state index contributed by atoms with van der Waals surface area (Å²) in [6.45, 7) is 7.71. The molecule has 0 radical (unpaired) electrons. The van der Waals surface area contributed by atoms with Gasteiger partial charge in [0.25, 0.3) is 5.91 Å². The van der Waals surface area contributed by atoms with Crippen LogP contribution in [0.2, 0.25) is 5.15 Å². The van der Waals surface area contributed by atoms with Gasteiger partial charge in [0, 0.05) is 30.6 Å². The highest BCUT2D eigenvalue weighted by Gasteiger charge is 2.28. The van der Waals surface area contributed by atoms with Gasteiger partial charge in [-0.25, -0.2) is 4.98 Å². The zero-order chi connectivity index (χ0) is 16.7. The maximum absolute atomic E-state index is 12.2. The lowest BCUT2D eigenvalue weighted by molar-refractivity contribution is 0.100. The number of piperazine rings is 1. The summed E-state index contributed by atoms with van der Waals surface area (Å²) in [5.41, 5.74) is 8.56. The first-order chi connectivity index (χ1) is 10.9. The Labute approximate surface area is 140 Å². The molecule has 0 bridgehead atoms. The highest BCUT2D eigenvalue weighted by molar-refractivity contribution is 6.34. The van der Waals surface area contributed by atoms with Gasteiger partial charge in [-0.15, -0.1) is 0 Å². The van der Waals surface area contributed by atoms with Crippen molar-refractivity contribution in [2.24, 2.45) is 5.73 Å².